The largest absolute Gasteiger partial charge is 0.391 e. The van der Waals surface area contributed by atoms with Crippen molar-refractivity contribution in [1.82, 2.24) is 4.98 Å². The summed E-state index contributed by atoms with van der Waals surface area (Å²) in [6, 6.07) is 0. The smallest absolute Gasteiger partial charge is 0.185 e. The summed E-state index contributed by atoms with van der Waals surface area (Å²) in [5.41, 5.74) is 1.02. The van der Waals surface area contributed by atoms with Crippen molar-refractivity contribution >= 4 is 16.5 Å². The molecule has 0 spiro atoms. The highest BCUT2D eigenvalue weighted by Crippen LogP contribution is 2.27. The molecule has 1 N–H and O–H groups in total. The zero-order valence-electron chi connectivity index (χ0n) is 10.5. The van der Waals surface area contributed by atoms with Gasteiger partial charge in [0.15, 0.2) is 5.13 Å². The van der Waals surface area contributed by atoms with Gasteiger partial charge in [-0.2, -0.15) is 0 Å². The van der Waals surface area contributed by atoms with Gasteiger partial charge in [-0.05, 0) is 19.3 Å². The normalized spacial score (nSPS) is 19.8. The molecule has 0 aliphatic carbocycles. The average molecular weight is 256 g/mol. The van der Waals surface area contributed by atoms with Crippen LogP contribution >= 0.6 is 11.3 Å². The molecule has 1 aliphatic rings. The van der Waals surface area contributed by atoms with Crippen molar-refractivity contribution in [3.8, 4) is 0 Å². The number of thiazole rings is 1. The number of nitrogens with zero attached hydrogens (tertiary/aromatic N) is 2. The van der Waals surface area contributed by atoms with Crippen molar-refractivity contribution in [2.45, 2.75) is 38.9 Å². The molecule has 0 amide bonds. The molecule has 1 atom stereocenters. The van der Waals surface area contributed by atoms with Crippen LogP contribution in [0.4, 0.5) is 5.13 Å². The van der Waals surface area contributed by atoms with Crippen molar-refractivity contribution < 1.29 is 9.84 Å². The number of aliphatic hydroxyl groups is 1. The molecule has 1 aromatic heterocycles. The average Bonchev–Trinajstić information content (AvgIpc) is 2.96. The van der Waals surface area contributed by atoms with Crippen LogP contribution in [-0.2, 0) is 17.8 Å². The van der Waals surface area contributed by atoms with Gasteiger partial charge >= 0.3 is 0 Å². The maximum atomic E-state index is 9.26. The molecule has 5 heteroatoms. The van der Waals surface area contributed by atoms with Crippen LogP contribution in [0.5, 0.6) is 0 Å². The third-order valence-corrected chi connectivity index (χ3v) is 4.27. The molecule has 1 aromatic rings. The van der Waals surface area contributed by atoms with Crippen LogP contribution in [-0.4, -0.2) is 36.4 Å². The summed E-state index contributed by atoms with van der Waals surface area (Å²) in [6.07, 6.45) is 3.52. The Hall–Kier alpha value is -0.650. The SMILES string of the molecule is CCc1nc(N(C)CC2CCCO2)sc1CO. The van der Waals surface area contributed by atoms with Crippen LogP contribution in [0, 0.1) is 0 Å². The van der Waals surface area contributed by atoms with Crippen molar-refractivity contribution in [3.63, 3.8) is 0 Å². The van der Waals surface area contributed by atoms with Gasteiger partial charge in [-0.1, -0.05) is 18.3 Å². The fourth-order valence-corrected chi connectivity index (χ4v) is 3.08. The van der Waals surface area contributed by atoms with E-state index in [4.69, 9.17) is 4.74 Å². The minimum Gasteiger partial charge on any atom is -0.391 e. The molecule has 1 fully saturated rings. The van der Waals surface area contributed by atoms with Crippen molar-refractivity contribution in [3.05, 3.63) is 10.6 Å². The van der Waals surface area contributed by atoms with Gasteiger partial charge in [0.1, 0.15) is 0 Å². The molecule has 17 heavy (non-hydrogen) atoms. The van der Waals surface area contributed by atoms with E-state index in [0.29, 0.717) is 6.10 Å². The fraction of sp³-hybridized carbons (Fsp3) is 0.750. The van der Waals surface area contributed by atoms with E-state index >= 15 is 0 Å². The summed E-state index contributed by atoms with van der Waals surface area (Å²) in [4.78, 5) is 7.70. The maximum Gasteiger partial charge on any atom is 0.185 e. The van der Waals surface area contributed by atoms with Gasteiger partial charge < -0.3 is 14.7 Å². The number of aromatic nitrogens is 1. The monoisotopic (exact) mass is 256 g/mol. The second kappa shape index (κ2) is 5.80. The lowest BCUT2D eigenvalue weighted by molar-refractivity contribution is 0.116. The van der Waals surface area contributed by atoms with E-state index in [2.05, 4.69) is 16.8 Å². The van der Waals surface area contributed by atoms with Crippen molar-refractivity contribution in [2.75, 3.05) is 25.1 Å². The summed E-state index contributed by atoms with van der Waals surface area (Å²) in [5, 5.41) is 10.2. The minimum absolute atomic E-state index is 0.0919. The summed E-state index contributed by atoms with van der Waals surface area (Å²) in [5.74, 6) is 0. The number of ether oxygens (including phenoxy) is 1. The topological polar surface area (TPSA) is 45.6 Å². The third kappa shape index (κ3) is 2.97. The van der Waals surface area contributed by atoms with Gasteiger partial charge in [0, 0.05) is 20.2 Å². The molecule has 2 rings (SSSR count). The number of likely N-dealkylation sites (N-methyl/N-ethyl adjacent to an activating group) is 1. The lowest BCUT2D eigenvalue weighted by Crippen LogP contribution is -2.28. The first-order chi connectivity index (χ1) is 8.24. The van der Waals surface area contributed by atoms with Crippen molar-refractivity contribution in [1.29, 1.82) is 0 Å². The first-order valence-corrected chi connectivity index (χ1v) is 6.98. The number of rotatable bonds is 5. The summed E-state index contributed by atoms with van der Waals surface area (Å²) in [6.45, 7) is 3.94. The first kappa shape index (κ1) is 12.8. The van der Waals surface area contributed by atoms with E-state index in [-0.39, 0.29) is 6.61 Å². The Labute approximate surface area is 106 Å². The quantitative estimate of drug-likeness (QED) is 0.873. The lowest BCUT2D eigenvalue weighted by atomic mass is 10.2. The van der Waals surface area contributed by atoms with Crippen LogP contribution in [0.2, 0.25) is 0 Å². The summed E-state index contributed by atoms with van der Waals surface area (Å²) < 4.78 is 5.62. The first-order valence-electron chi connectivity index (χ1n) is 6.16. The van der Waals surface area contributed by atoms with E-state index in [9.17, 15) is 5.11 Å². The maximum absolute atomic E-state index is 9.26. The van der Waals surface area contributed by atoms with Gasteiger partial charge in [-0.3, -0.25) is 0 Å². The number of hydrogen-bond acceptors (Lipinski definition) is 5. The highest BCUT2D eigenvalue weighted by molar-refractivity contribution is 7.15. The van der Waals surface area contributed by atoms with E-state index < -0.39 is 0 Å². The van der Waals surface area contributed by atoms with Crippen LogP contribution in [0.15, 0.2) is 0 Å². The zero-order chi connectivity index (χ0) is 12.3. The molecule has 1 saturated heterocycles. The second-order valence-corrected chi connectivity index (χ2v) is 5.46. The van der Waals surface area contributed by atoms with Crippen molar-refractivity contribution in [2.24, 2.45) is 0 Å². The van der Waals surface area contributed by atoms with Gasteiger partial charge in [0.25, 0.3) is 0 Å². The highest BCUT2D eigenvalue weighted by Gasteiger charge is 2.19. The molecule has 96 valence electrons. The number of aryl methyl sites for hydroxylation is 1. The Balaban J connectivity index is 2.02. The molecule has 4 nitrogen and oxygen atoms in total. The molecule has 2 heterocycles. The van der Waals surface area contributed by atoms with Crippen LogP contribution in [0.3, 0.4) is 0 Å². The molecular weight excluding hydrogens is 236 g/mol. The Morgan fingerprint density at radius 1 is 1.59 bits per heavy atom. The Morgan fingerprint density at radius 2 is 2.41 bits per heavy atom. The Morgan fingerprint density at radius 3 is 2.94 bits per heavy atom. The van der Waals surface area contributed by atoms with Gasteiger partial charge in [0.2, 0.25) is 0 Å². The summed E-state index contributed by atoms with van der Waals surface area (Å²) in [7, 11) is 2.04. The minimum atomic E-state index is 0.0919. The van der Waals surface area contributed by atoms with Gasteiger partial charge in [0.05, 0.1) is 23.3 Å². The second-order valence-electron chi connectivity index (χ2n) is 4.39. The highest BCUT2D eigenvalue weighted by atomic mass is 32.1. The van der Waals surface area contributed by atoms with Crippen LogP contribution in [0.25, 0.3) is 0 Å². The standard InChI is InChI=1S/C12H20N2O2S/c1-3-10-11(8-15)17-12(13-10)14(2)7-9-5-4-6-16-9/h9,15H,3-8H2,1-2H3. The molecule has 0 radical (unpaired) electrons. The fourth-order valence-electron chi connectivity index (χ4n) is 2.10. The molecular formula is C12H20N2O2S. The number of anilines is 1. The van der Waals surface area contributed by atoms with Crippen LogP contribution < -0.4 is 4.90 Å². The summed E-state index contributed by atoms with van der Waals surface area (Å²) >= 11 is 1.58. The Kier molecular flexibility index (Phi) is 4.36. The van der Waals surface area contributed by atoms with Crippen LogP contribution in [0.1, 0.15) is 30.3 Å². The molecule has 1 unspecified atom stereocenters. The van der Waals surface area contributed by atoms with E-state index in [1.807, 2.05) is 7.05 Å². The molecule has 0 bridgehead atoms. The number of hydrogen-bond donors (Lipinski definition) is 1. The molecule has 1 aliphatic heterocycles. The molecule has 0 saturated carbocycles. The lowest BCUT2D eigenvalue weighted by Gasteiger charge is -2.19. The number of aliphatic hydroxyl groups excluding tert-OH is 1. The molecule has 0 aromatic carbocycles. The van der Waals surface area contributed by atoms with Gasteiger partial charge in [-0.15, -0.1) is 0 Å². The van der Waals surface area contributed by atoms with E-state index in [1.54, 1.807) is 11.3 Å². The zero-order valence-corrected chi connectivity index (χ0v) is 11.3. The van der Waals surface area contributed by atoms with Gasteiger partial charge in [-0.25, -0.2) is 4.98 Å². The predicted molar refractivity (Wildman–Crippen MR) is 69.7 cm³/mol. The predicted octanol–water partition coefficient (Wildman–Crippen LogP) is 1.81. The third-order valence-electron chi connectivity index (χ3n) is 3.07. The van der Waals surface area contributed by atoms with E-state index in [1.165, 1.54) is 6.42 Å². The van der Waals surface area contributed by atoms with E-state index in [0.717, 1.165) is 41.7 Å². The Bertz CT molecular complexity index is 340.